The van der Waals surface area contributed by atoms with Gasteiger partial charge >= 0.3 is 12.1 Å². The van der Waals surface area contributed by atoms with Crippen molar-refractivity contribution in [1.82, 2.24) is 4.98 Å². The molecule has 2 rings (SSSR count). The summed E-state index contributed by atoms with van der Waals surface area (Å²) < 4.78 is 37.5. The molecule has 0 saturated heterocycles. The second-order valence-electron chi connectivity index (χ2n) is 3.41. The van der Waals surface area contributed by atoms with Crippen molar-refractivity contribution in [3.05, 3.63) is 40.9 Å². The van der Waals surface area contributed by atoms with Crippen molar-refractivity contribution in [3.63, 3.8) is 0 Å². The number of carboxylic acids is 1. The summed E-state index contributed by atoms with van der Waals surface area (Å²) in [6.45, 7) is 0. The number of aromatic nitrogens is 1. The van der Waals surface area contributed by atoms with Crippen LogP contribution in [0.2, 0.25) is 0 Å². The van der Waals surface area contributed by atoms with E-state index in [9.17, 15) is 18.0 Å². The molecule has 0 spiro atoms. The summed E-state index contributed by atoms with van der Waals surface area (Å²) in [4.78, 5) is 14.5. The van der Waals surface area contributed by atoms with Gasteiger partial charge in [0.15, 0.2) is 0 Å². The number of alkyl halides is 3. The van der Waals surface area contributed by atoms with Gasteiger partial charge in [-0.25, -0.2) is 9.78 Å². The van der Waals surface area contributed by atoms with Gasteiger partial charge in [-0.05, 0) is 12.1 Å². The first kappa shape index (κ1) is 12.6. The lowest BCUT2D eigenvalue weighted by molar-refractivity contribution is -0.137. The fourth-order valence-electron chi connectivity index (χ4n) is 1.34. The van der Waals surface area contributed by atoms with Crippen molar-refractivity contribution in [2.75, 3.05) is 0 Å². The Morgan fingerprint density at radius 3 is 2.61 bits per heavy atom. The highest BCUT2D eigenvalue weighted by Crippen LogP contribution is 2.33. The molecule has 94 valence electrons. The monoisotopic (exact) mass is 273 g/mol. The number of benzene rings is 1. The maximum Gasteiger partial charge on any atom is 0.416 e. The Bertz CT molecular complexity index is 592. The Labute approximate surface area is 104 Å². The van der Waals surface area contributed by atoms with Gasteiger partial charge in [-0.2, -0.15) is 13.2 Å². The molecule has 3 nitrogen and oxygen atoms in total. The van der Waals surface area contributed by atoms with Gasteiger partial charge in [-0.1, -0.05) is 12.1 Å². The Morgan fingerprint density at radius 2 is 2.06 bits per heavy atom. The van der Waals surface area contributed by atoms with Crippen molar-refractivity contribution < 1.29 is 23.1 Å². The summed E-state index contributed by atoms with van der Waals surface area (Å²) in [7, 11) is 0. The van der Waals surface area contributed by atoms with Crippen LogP contribution in [0.1, 0.15) is 15.2 Å². The average molecular weight is 273 g/mol. The second-order valence-corrected chi connectivity index (χ2v) is 4.44. The minimum atomic E-state index is -4.43. The van der Waals surface area contributed by atoms with E-state index in [4.69, 9.17) is 5.11 Å². The van der Waals surface area contributed by atoms with Crippen LogP contribution in [0, 0.1) is 0 Å². The van der Waals surface area contributed by atoms with Crippen molar-refractivity contribution in [3.8, 4) is 10.6 Å². The molecule has 18 heavy (non-hydrogen) atoms. The molecular weight excluding hydrogens is 267 g/mol. The minimum Gasteiger partial charge on any atom is -0.477 e. The predicted octanol–water partition coefficient (Wildman–Crippen LogP) is 3.53. The number of halogens is 3. The Morgan fingerprint density at radius 1 is 1.33 bits per heavy atom. The highest BCUT2D eigenvalue weighted by Gasteiger charge is 2.30. The zero-order chi connectivity index (χ0) is 13.3. The van der Waals surface area contributed by atoms with Gasteiger partial charge in [0.05, 0.1) is 11.8 Å². The van der Waals surface area contributed by atoms with Crippen LogP contribution in [-0.4, -0.2) is 16.1 Å². The van der Waals surface area contributed by atoms with E-state index < -0.39 is 17.7 Å². The summed E-state index contributed by atoms with van der Waals surface area (Å²) in [5, 5.41) is 8.97. The molecule has 2 aromatic rings. The number of thiazole rings is 1. The molecule has 0 bridgehead atoms. The van der Waals surface area contributed by atoms with Crippen LogP contribution in [0.3, 0.4) is 0 Å². The fourth-order valence-corrected chi connectivity index (χ4v) is 2.09. The van der Waals surface area contributed by atoms with E-state index in [1.54, 1.807) is 0 Å². The average Bonchev–Trinajstić information content (AvgIpc) is 2.77. The molecule has 0 aliphatic heterocycles. The normalized spacial score (nSPS) is 11.5. The molecule has 0 atom stereocenters. The highest BCUT2D eigenvalue weighted by atomic mass is 32.1. The zero-order valence-corrected chi connectivity index (χ0v) is 9.55. The summed E-state index contributed by atoms with van der Waals surface area (Å²) in [5.74, 6) is -1.15. The fraction of sp³-hybridized carbons (Fsp3) is 0.0909. The first-order valence-electron chi connectivity index (χ1n) is 4.74. The van der Waals surface area contributed by atoms with E-state index in [1.807, 2.05) is 0 Å². The van der Waals surface area contributed by atoms with E-state index in [-0.39, 0.29) is 15.4 Å². The third kappa shape index (κ3) is 2.51. The van der Waals surface area contributed by atoms with Crippen molar-refractivity contribution in [1.29, 1.82) is 0 Å². The van der Waals surface area contributed by atoms with Crippen LogP contribution in [0.4, 0.5) is 13.2 Å². The van der Waals surface area contributed by atoms with Crippen LogP contribution in [-0.2, 0) is 6.18 Å². The number of carboxylic acid groups (broad SMARTS) is 1. The lowest BCUT2D eigenvalue weighted by atomic mass is 10.1. The van der Waals surface area contributed by atoms with Gasteiger partial charge in [-0.15, -0.1) is 11.3 Å². The van der Waals surface area contributed by atoms with E-state index in [0.29, 0.717) is 0 Å². The largest absolute Gasteiger partial charge is 0.477 e. The Hall–Kier alpha value is -1.89. The lowest BCUT2D eigenvalue weighted by Gasteiger charge is -2.07. The van der Waals surface area contributed by atoms with Crippen LogP contribution in [0.15, 0.2) is 30.5 Å². The highest BCUT2D eigenvalue weighted by molar-refractivity contribution is 7.16. The van der Waals surface area contributed by atoms with Gasteiger partial charge in [0.25, 0.3) is 0 Å². The van der Waals surface area contributed by atoms with Crippen molar-refractivity contribution >= 4 is 17.3 Å². The number of nitrogens with zero attached hydrogens (tertiary/aromatic N) is 1. The lowest BCUT2D eigenvalue weighted by Crippen LogP contribution is -2.04. The van der Waals surface area contributed by atoms with Crippen LogP contribution in [0.25, 0.3) is 10.6 Å². The van der Waals surface area contributed by atoms with Gasteiger partial charge in [0.2, 0.25) is 0 Å². The Kier molecular flexibility index (Phi) is 3.08. The van der Waals surface area contributed by atoms with Crippen molar-refractivity contribution in [2.45, 2.75) is 6.18 Å². The van der Waals surface area contributed by atoms with Crippen LogP contribution >= 0.6 is 11.3 Å². The SMILES string of the molecule is O=C(O)c1cnc(-c2cccc(C(F)(F)F)c2)s1. The third-order valence-corrected chi connectivity index (χ3v) is 3.19. The van der Waals surface area contributed by atoms with Crippen molar-refractivity contribution in [2.24, 2.45) is 0 Å². The molecule has 1 aromatic carbocycles. The molecule has 1 N–H and O–H groups in total. The maximum absolute atomic E-state index is 12.5. The molecule has 1 heterocycles. The molecule has 0 aliphatic carbocycles. The third-order valence-electron chi connectivity index (χ3n) is 2.15. The zero-order valence-electron chi connectivity index (χ0n) is 8.73. The quantitative estimate of drug-likeness (QED) is 0.910. The number of rotatable bonds is 2. The molecule has 0 unspecified atom stereocenters. The van der Waals surface area contributed by atoms with E-state index >= 15 is 0 Å². The molecule has 1 aromatic heterocycles. The summed E-state index contributed by atoms with van der Waals surface area (Å²) in [6, 6.07) is 4.62. The molecule has 0 radical (unpaired) electrons. The molecule has 0 amide bonds. The molecule has 0 aliphatic rings. The maximum atomic E-state index is 12.5. The summed E-state index contributed by atoms with van der Waals surface area (Å²) in [6.07, 6.45) is -3.30. The topological polar surface area (TPSA) is 50.2 Å². The first-order chi connectivity index (χ1) is 8.38. The standard InChI is InChI=1S/C11H6F3NO2S/c12-11(13,14)7-3-1-2-6(4-7)9-15-5-8(18-9)10(16)17/h1-5H,(H,16,17). The smallest absolute Gasteiger partial charge is 0.416 e. The minimum absolute atomic E-state index is 0.0117. The molecule has 0 fully saturated rings. The summed E-state index contributed by atoms with van der Waals surface area (Å²) in [5.41, 5.74) is -0.533. The molecule has 7 heteroatoms. The van der Waals surface area contributed by atoms with E-state index in [0.717, 1.165) is 29.7 Å². The Balaban J connectivity index is 2.41. The van der Waals surface area contributed by atoms with Gasteiger partial charge in [0.1, 0.15) is 9.88 Å². The van der Waals surface area contributed by atoms with E-state index in [2.05, 4.69) is 4.98 Å². The molecular formula is C11H6F3NO2S. The van der Waals surface area contributed by atoms with Gasteiger partial charge < -0.3 is 5.11 Å². The number of aromatic carboxylic acids is 1. The van der Waals surface area contributed by atoms with Crippen LogP contribution in [0.5, 0.6) is 0 Å². The first-order valence-corrected chi connectivity index (χ1v) is 5.56. The summed E-state index contributed by atoms with van der Waals surface area (Å²) >= 11 is 0.835. The number of carbonyl (C=O) groups is 1. The van der Waals surface area contributed by atoms with Crippen LogP contribution < -0.4 is 0 Å². The predicted molar refractivity (Wildman–Crippen MR) is 59.5 cm³/mol. The second kappa shape index (κ2) is 4.41. The molecule has 0 saturated carbocycles. The number of hydrogen-bond acceptors (Lipinski definition) is 3. The van der Waals surface area contributed by atoms with Gasteiger partial charge in [-0.3, -0.25) is 0 Å². The number of hydrogen-bond donors (Lipinski definition) is 1. The van der Waals surface area contributed by atoms with E-state index in [1.165, 1.54) is 12.1 Å². The van der Waals surface area contributed by atoms with Gasteiger partial charge in [0, 0.05) is 5.56 Å².